The number of benzene rings is 1. The highest BCUT2D eigenvalue weighted by Crippen LogP contribution is 2.48. The minimum absolute atomic E-state index is 0.0729. The third-order valence-corrected chi connectivity index (χ3v) is 6.51. The van der Waals surface area contributed by atoms with Crippen molar-refractivity contribution in [1.29, 1.82) is 0 Å². The van der Waals surface area contributed by atoms with Crippen molar-refractivity contribution in [2.24, 2.45) is 23.5 Å². The zero-order valence-electron chi connectivity index (χ0n) is 13.4. The number of hydrogen-bond acceptors (Lipinski definition) is 4. The summed E-state index contributed by atoms with van der Waals surface area (Å²) in [7, 11) is -3.24. The summed E-state index contributed by atoms with van der Waals surface area (Å²) in [4.78, 5) is 12.6. The van der Waals surface area contributed by atoms with E-state index in [1.807, 2.05) is 6.07 Å². The van der Waals surface area contributed by atoms with E-state index in [9.17, 15) is 13.2 Å². The first-order valence-corrected chi connectivity index (χ1v) is 10.1. The van der Waals surface area contributed by atoms with Gasteiger partial charge in [0.15, 0.2) is 9.84 Å². The molecule has 3 N–H and O–H groups in total. The normalized spacial score (nSPS) is 29.7. The van der Waals surface area contributed by atoms with Gasteiger partial charge in [-0.1, -0.05) is 18.2 Å². The van der Waals surface area contributed by atoms with Gasteiger partial charge in [0.05, 0.1) is 4.90 Å². The van der Waals surface area contributed by atoms with Crippen LogP contribution in [0.4, 0.5) is 0 Å². The fraction of sp³-hybridized carbons (Fsp3) is 0.588. The van der Waals surface area contributed by atoms with Crippen LogP contribution in [0.2, 0.25) is 0 Å². The quantitative estimate of drug-likeness (QED) is 0.843. The van der Waals surface area contributed by atoms with Gasteiger partial charge in [0.25, 0.3) is 0 Å². The molecule has 0 aliphatic heterocycles. The minimum atomic E-state index is -3.24. The molecule has 0 spiro atoms. The van der Waals surface area contributed by atoms with Crippen molar-refractivity contribution in [3.63, 3.8) is 0 Å². The second kappa shape index (κ2) is 6.24. The Morgan fingerprint density at radius 1 is 1.26 bits per heavy atom. The molecule has 0 aromatic heterocycles. The summed E-state index contributed by atoms with van der Waals surface area (Å²) < 4.78 is 23.5. The number of sulfone groups is 1. The Morgan fingerprint density at radius 3 is 2.65 bits per heavy atom. The van der Waals surface area contributed by atoms with E-state index in [4.69, 9.17) is 5.73 Å². The Morgan fingerprint density at radius 2 is 2.00 bits per heavy atom. The van der Waals surface area contributed by atoms with Crippen LogP contribution in [0.3, 0.4) is 0 Å². The first-order valence-electron chi connectivity index (χ1n) is 8.17. The summed E-state index contributed by atoms with van der Waals surface area (Å²) in [5, 5.41) is 2.96. The van der Waals surface area contributed by atoms with Gasteiger partial charge in [-0.2, -0.15) is 0 Å². The highest BCUT2D eigenvalue weighted by atomic mass is 32.2. The molecule has 23 heavy (non-hydrogen) atoms. The number of fused-ring (bicyclic) bond motifs is 1. The Labute approximate surface area is 137 Å². The van der Waals surface area contributed by atoms with E-state index in [0.29, 0.717) is 29.7 Å². The van der Waals surface area contributed by atoms with Gasteiger partial charge in [-0.05, 0) is 49.1 Å². The van der Waals surface area contributed by atoms with Gasteiger partial charge in [-0.3, -0.25) is 4.79 Å². The van der Waals surface area contributed by atoms with Gasteiger partial charge < -0.3 is 11.1 Å². The third kappa shape index (κ3) is 3.43. The lowest BCUT2D eigenvalue weighted by molar-refractivity contribution is -0.124. The topological polar surface area (TPSA) is 89.3 Å². The van der Waals surface area contributed by atoms with Crippen molar-refractivity contribution < 1.29 is 13.2 Å². The number of nitrogens with two attached hydrogens (primary N) is 1. The van der Waals surface area contributed by atoms with Crippen molar-refractivity contribution in [1.82, 2.24) is 5.32 Å². The molecule has 1 amide bonds. The molecule has 6 heteroatoms. The fourth-order valence-electron chi connectivity index (χ4n) is 4.03. The summed E-state index contributed by atoms with van der Waals surface area (Å²) >= 11 is 0. The predicted octanol–water partition coefficient (Wildman–Crippen LogP) is 1.12. The van der Waals surface area contributed by atoms with E-state index in [2.05, 4.69) is 5.32 Å². The first kappa shape index (κ1) is 16.5. The summed E-state index contributed by atoms with van der Waals surface area (Å²) in [6.07, 6.45) is 4.63. The molecule has 1 aromatic carbocycles. The lowest BCUT2D eigenvalue weighted by Gasteiger charge is -2.37. The van der Waals surface area contributed by atoms with Crippen LogP contribution in [-0.2, 0) is 21.1 Å². The van der Waals surface area contributed by atoms with Crippen molar-refractivity contribution in [2.45, 2.75) is 36.6 Å². The second-order valence-corrected chi connectivity index (χ2v) is 8.90. The molecular formula is C17H24N2O3S. The van der Waals surface area contributed by atoms with Crippen LogP contribution in [0.5, 0.6) is 0 Å². The summed E-state index contributed by atoms with van der Waals surface area (Å²) in [6, 6.07) is 7.23. The second-order valence-electron chi connectivity index (χ2n) is 6.91. The minimum Gasteiger partial charge on any atom is -0.356 e. The molecule has 2 fully saturated rings. The van der Waals surface area contributed by atoms with Crippen molar-refractivity contribution in [3.8, 4) is 0 Å². The molecule has 2 aliphatic rings. The van der Waals surface area contributed by atoms with E-state index in [1.165, 1.54) is 6.26 Å². The molecule has 3 rings (SSSR count). The average Bonchev–Trinajstić information content (AvgIpc) is 2.84. The Kier molecular flexibility index (Phi) is 4.47. The number of nitrogens with one attached hydrogen (secondary N) is 1. The SMILES string of the molecule is CS(=O)(=O)c1ccccc1CCNC(=O)C1CC2CC(N)C2C1. The van der Waals surface area contributed by atoms with E-state index < -0.39 is 9.84 Å². The van der Waals surface area contributed by atoms with Crippen LogP contribution >= 0.6 is 0 Å². The Balaban J connectivity index is 1.53. The van der Waals surface area contributed by atoms with Gasteiger partial charge in [0, 0.05) is 24.8 Å². The molecule has 126 valence electrons. The van der Waals surface area contributed by atoms with E-state index in [1.54, 1.807) is 18.2 Å². The van der Waals surface area contributed by atoms with Crippen LogP contribution in [0.15, 0.2) is 29.2 Å². The lowest BCUT2D eigenvalue weighted by atomic mass is 9.72. The highest BCUT2D eigenvalue weighted by Gasteiger charge is 2.47. The molecule has 2 aliphatic carbocycles. The Bertz CT molecular complexity index is 702. The Hall–Kier alpha value is -1.40. The zero-order chi connectivity index (χ0) is 16.6. The van der Waals surface area contributed by atoms with Crippen LogP contribution in [-0.4, -0.2) is 33.2 Å². The summed E-state index contributed by atoms with van der Waals surface area (Å²) in [5.74, 6) is 1.32. The number of hydrogen-bond donors (Lipinski definition) is 2. The monoisotopic (exact) mass is 336 g/mol. The van der Waals surface area contributed by atoms with Gasteiger partial charge in [-0.15, -0.1) is 0 Å². The van der Waals surface area contributed by atoms with Gasteiger partial charge in [-0.25, -0.2) is 8.42 Å². The lowest BCUT2D eigenvalue weighted by Crippen LogP contribution is -2.44. The largest absolute Gasteiger partial charge is 0.356 e. The molecule has 2 saturated carbocycles. The van der Waals surface area contributed by atoms with Crippen molar-refractivity contribution in [2.75, 3.05) is 12.8 Å². The summed E-state index contributed by atoms with van der Waals surface area (Å²) in [6.45, 7) is 0.462. The smallest absolute Gasteiger partial charge is 0.223 e. The molecule has 0 radical (unpaired) electrons. The fourth-order valence-corrected chi connectivity index (χ4v) is 5.00. The molecule has 5 nitrogen and oxygen atoms in total. The van der Waals surface area contributed by atoms with Crippen LogP contribution in [0.25, 0.3) is 0 Å². The summed E-state index contributed by atoms with van der Waals surface area (Å²) in [5.41, 5.74) is 6.72. The maximum Gasteiger partial charge on any atom is 0.223 e. The van der Waals surface area contributed by atoms with Gasteiger partial charge in [0.2, 0.25) is 5.91 Å². The zero-order valence-corrected chi connectivity index (χ0v) is 14.2. The molecule has 0 saturated heterocycles. The number of amides is 1. The standard InChI is InChI=1S/C17H24N2O3S/c1-23(21,22)16-5-3-2-4-11(16)6-7-19-17(20)13-8-12-10-15(18)14(12)9-13/h2-5,12-15H,6-10,18H2,1H3,(H,19,20). The van der Waals surface area contributed by atoms with Crippen LogP contribution in [0, 0.1) is 17.8 Å². The van der Waals surface area contributed by atoms with E-state index in [-0.39, 0.29) is 17.9 Å². The average molecular weight is 336 g/mol. The van der Waals surface area contributed by atoms with Gasteiger partial charge in [0.1, 0.15) is 0 Å². The highest BCUT2D eigenvalue weighted by molar-refractivity contribution is 7.90. The number of rotatable bonds is 5. The van der Waals surface area contributed by atoms with Crippen LogP contribution < -0.4 is 11.1 Å². The van der Waals surface area contributed by atoms with Crippen molar-refractivity contribution in [3.05, 3.63) is 29.8 Å². The number of carbonyl (C=O) groups is 1. The van der Waals surface area contributed by atoms with Crippen molar-refractivity contribution >= 4 is 15.7 Å². The first-order chi connectivity index (χ1) is 10.9. The maximum atomic E-state index is 12.3. The maximum absolute atomic E-state index is 12.3. The van der Waals surface area contributed by atoms with Crippen LogP contribution in [0.1, 0.15) is 24.8 Å². The molecule has 1 aromatic rings. The molecule has 4 atom stereocenters. The molecule has 0 bridgehead atoms. The van der Waals surface area contributed by atoms with E-state index >= 15 is 0 Å². The van der Waals surface area contributed by atoms with Gasteiger partial charge >= 0.3 is 0 Å². The molecule has 0 heterocycles. The number of carbonyl (C=O) groups excluding carboxylic acids is 1. The molecule has 4 unspecified atom stereocenters. The third-order valence-electron chi connectivity index (χ3n) is 5.31. The molecular weight excluding hydrogens is 312 g/mol. The predicted molar refractivity (Wildman–Crippen MR) is 88.6 cm³/mol. The van der Waals surface area contributed by atoms with E-state index in [0.717, 1.165) is 24.8 Å².